The molecule has 0 amide bonds. The van der Waals surface area contributed by atoms with Gasteiger partial charge in [-0.05, 0) is 18.6 Å². The maximum Gasteiger partial charge on any atom is 0.329 e. The van der Waals surface area contributed by atoms with Crippen LogP contribution in [0.2, 0.25) is 4.34 Å². The van der Waals surface area contributed by atoms with Crippen LogP contribution in [0, 0.1) is 6.92 Å². The maximum absolute atomic E-state index is 11.8. The summed E-state index contributed by atoms with van der Waals surface area (Å²) in [7, 11) is -3.61. The van der Waals surface area contributed by atoms with E-state index in [9.17, 15) is 13.2 Å². The Kier molecular flexibility index (Phi) is 5.54. The minimum Gasteiger partial charge on any atom is -0.480 e. The number of halogens is 1. The number of carboxylic acids is 1. The molecule has 1 rings (SSSR count). The van der Waals surface area contributed by atoms with Crippen molar-refractivity contribution < 1.29 is 23.1 Å². The van der Waals surface area contributed by atoms with Crippen molar-refractivity contribution in [2.75, 3.05) is 19.8 Å². The molecule has 0 spiro atoms. The Hall–Kier alpha value is -0.670. The van der Waals surface area contributed by atoms with Gasteiger partial charge in [0.1, 0.15) is 10.8 Å². The molecule has 0 bridgehead atoms. The first-order valence-electron chi connectivity index (χ1n) is 4.88. The normalized spacial score (nSPS) is 11.7. The third-order valence-corrected chi connectivity index (χ3v) is 5.35. The highest BCUT2D eigenvalue weighted by Crippen LogP contribution is 2.29. The topological polar surface area (TPSA) is 92.7 Å². The second-order valence-electron chi connectivity index (χ2n) is 3.37. The summed E-state index contributed by atoms with van der Waals surface area (Å²) in [6.07, 6.45) is 0. The molecule has 1 aromatic rings. The molecule has 0 aliphatic rings. The number of ether oxygens (including phenoxy) is 1. The third kappa shape index (κ3) is 4.54. The highest BCUT2D eigenvalue weighted by atomic mass is 35.5. The largest absolute Gasteiger partial charge is 0.480 e. The molecule has 0 atom stereocenters. The van der Waals surface area contributed by atoms with Crippen LogP contribution >= 0.6 is 22.9 Å². The molecule has 0 unspecified atom stereocenters. The molecule has 18 heavy (non-hydrogen) atoms. The number of aryl methyl sites for hydroxylation is 1. The Labute approximate surface area is 114 Å². The number of aliphatic carboxylic acids is 1. The summed E-state index contributed by atoms with van der Waals surface area (Å²) in [4.78, 5) is 10.1. The summed E-state index contributed by atoms with van der Waals surface area (Å²) >= 11 is 6.76. The molecule has 0 radical (unpaired) electrons. The Morgan fingerprint density at radius 2 is 2.28 bits per heavy atom. The smallest absolute Gasteiger partial charge is 0.329 e. The molecule has 1 heterocycles. The van der Waals surface area contributed by atoms with Crippen LogP contribution < -0.4 is 4.72 Å². The van der Waals surface area contributed by atoms with Gasteiger partial charge in [-0.1, -0.05) is 11.6 Å². The number of carbonyl (C=O) groups is 1. The lowest BCUT2D eigenvalue weighted by atomic mass is 10.4. The quantitative estimate of drug-likeness (QED) is 0.735. The fourth-order valence-electron chi connectivity index (χ4n) is 1.04. The van der Waals surface area contributed by atoms with Gasteiger partial charge in [0.15, 0.2) is 0 Å². The minimum absolute atomic E-state index is 0.00415. The Morgan fingerprint density at radius 1 is 1.61 bits per heavy atom. The number of sulfonamides is 1. The summed E-state index contributed by atoms with van der Waals surface area (Å²) in [5, 5.41) is 8.31. The SMILES string of the molecule is Cc1cc(S(=O)(=O)NCCOCC(=O)O)sc1Cl. The zero-order valence-electron chi connectivity index (χ0n) is 9.47. The predicted octanol–water partition coefficient (Wildman–Crippen LogP) is 1.09. The van der Waals surface area contributed by atoms with Gasteiger partial charge in [0.2, 0.25) is 10.0 Å². The fraction of sp³-hybridized carbons (Fsp3) is 0.444. The molecule has 0 saturated heterocycles. The third-order valence-electron chi connectivity index (χ3n) is 1.86. The van der Waals surface area contributed by atoms with Crippen molar-refractivity contribution in [2.24, 2.45) is 0 Å². The van der Waals surface area contributed by atoms with Crippen molar-refractivity contribution in [3.05, 3.63) is 16.0 Å². The maximum atomic E-state index is 11.8. The molecule has 1 aromatic heterocycles. The summed E-state index contributed by atoms with van der Waals surface area (Å²) in [6, 6.07) is 1.48. The first-order chi connectivity index (χ1) is 8.33. The molecule has 0 aliphatic heterocycles. The predicted molar refractivity (Wildman–Crippen MR) is 67.7 cm³/mol. The second kappa shape index (κ2) is 6.48. The lowest BCUT2D eigenvalue weighted by Gasteiger charge is -2.04. The van der Waals surface area contributed by atoms with Crippen LogP contribution in [0.3, 0.4) is 0 Å². The molecular formula is C9H12ClNO5S2. The van der Waals surface area contributed by atoms with Crippen LogP contribution in [0.25, 0.3) is 0 Å². The van der Waals surface area contributed by atoms with Gasteiger partial charge >= 0.3 is 5.97 Å². The number of nitrogens with one attached hydrogen (secondary N) is 1. The standard InChI is InChI=1S/C9H12ClNO5S2/c1-6-4-8(17-9(6)10)18(14,15)11-2-3-16-5-7(12)13/h4,11H,2-3,5H2,1H3,(H,12,13). The molecule has 9 heteroatoms. The van der Waals surface area contributed by atoms with E-state index in [4.69, 9.17) is 21.4 Å². The Bertz CT molecular complexity index is 506. The minimum atomic E-state index is -3.61. The highest BCUT2D eigenvalue weighted by molar-refractivity contribution is 7.91. The molecule has 0 aliphatic carbocycles. The van der Waals surface area contributed by atoms with Crippen LogP contribution in [0.15, 0.2) is 10.3 Å². The van der Waals surface area contributed by atoms with Crippen molar-refractivity contribution in [1.29, 1.82) is 0 Å². The first kappa shape index (κ1) is 15.4. The zero-order chi connectivity index (χ0) is 13.8. The fourth-order valence-corrected chi connectivity index (χ4v) is 3.81. The number of thiophene rings is 1. The molecule has 6 nitrogen and oxygen atoms in total. The van der Waals surface area contributed by atoms with Crippen molar-refractivity contribution in [2.45, 2.75) is 11.1 Å². The Balaban J connectivity index is 2.48. The molecule has 2 N–H and O–H groups in total. The summed E-state index contributed by atoms with van der Waals surface area (Å²) < 4.78 is 31.1. The number of hydrogen-bond donors (Lipinski definition) is 2. The van der Waals surface area contributed by atoms with Crippen LogP contribution in [0.5, 0.6) is 0 Å². The summed E-state index contributed by atoms with van der Waals surface area (Å²) in [6.45, 7) is 1.26. The van der Waals surface area contributed by atoms with Crippen LogP contribution in [0.4, 0.5) is 0 Å². The van der Waals surface area contributed by atoms with Crippen molar-refractivity contribution in [3.63, 3.8) is 0 Å². The van der Waals surface area contributed by atoms with E-state index in [1.54, 1.807) is 6.92 Å². The van der Waals surface area contributed by atoms with Gasteiger partial charge in [0, 0.05) is 6.54 Å². The number of hydrogen-bond acceptors (Lipinski definition) is 5. The van der Waals surface area contributed by atoms with E-state index in [0.29, 0.717) is 9.90 Å². The molecule has 102 valence electrons. The van der Waals surface area contributed by atoms with E-state index < -0.39 is 22.6 Å². The van der Waals surface area contributed by atoms with E-state index in [-0.39, 0.29) is 17.4 Å². The van der Waals surface area contributed by atoms with E-state index in [0.717, 1.165) is 11.3 Å². The van der Waals surface area contributed by atoms with Gasteiger partial charge in [0.25, 0.3) is 0 Å². The van der Waals surface area contributed by atoms with Crippen molar-refractivity contribution in [1.82, 2.24) is 4.72 Å². The van der Waals surface area contributed by atoms with Crippen molar-refractivity contribution >= 4 is 38.9 Å². The molecule has 0 aromatic carbocycles. The highest BCUT2D eigenvalue weighted by Gasteiger charge is 2.17. The van der Waals surface area contributed by atoms with E-state index in [2.05, 4.69) is 4.72 Å². The van der Waals surface area contributed by atoms with E-state index >= 15 is 0 Å². The lowest BCUT2D eigenvalue weighted by molar-refractivity contribution is -0.142. The number of carboxylic acid groups (broad SMARTS) is 1. The molecule has 0 saturated carbocycles. The van der Waals surface area contributed by atoms with Crippen LogP contribution in [-0.2, 0) is 19.6 Å². The van der Waals surface area contributed by atoms with Gasteiger partial charge < -0.3 is 9.84 Å². The van der Waals surface area contributed by atoms with Gasteiger partial charge in [-0.15, -0.1) is 11.3 Å². The number of rotatable bonds is 7. The monoisotopic (exact) mass is 313 g/mol. The summed E-state index contributed by atoms with van der Waals surface area (Å²) in [5.74, 6) is -1.10. The van der Waals surface area contributed by atoms with Gasteiger partial charge in [-0.3, -0.25) is 0 Å². The molecule has 0 fully saturated rings. The Morgan fingerprint density at radius 3 is 2.78 bits per heavy atom. The van der Waals surface area contributed by atoms with E-state index in [1.165, 1.54) is 6.07 Å². The van der Waals surface area contributed by atoms with Crippen molar-refractivity contribution in [3.8, 4) is 0 Å². The lowest BCUT2D eigenvalue weighted by Crippen LogP contribution is -2.27. The van der Waals surface area contributed by atoms with Crippen LogP contribution in [-0.4, -0.2) is 39.3 Å². The second-order valence-corrected chi connectivity index (χ2v) is 7.01. The average Bonchev–Trinajstić information content (AvgIpc) is 2.59. The molecular weight excluding hydrogens is 302 g/mol. The van der Waals surface area contributed by atoms with Gasteiger partial charge in [-0.25, -0.2) is 17.9 Å². The van der Waals surface area contributed by atoms with Crippen LogP contribution in [0.1, 0.15) is 5.56 Å². The first-order valence-corrected chi connectivity index (χ1v) is 7.56. The summed E-state index contributed by atoms with van der Waals surface area (Å²) in [5.41, 5.74) is 0.698. The average molecular weight is 314 g/mol. The van der Waals surface area contributed by atoms with Gasteiger partial charge in [0.05, 0.1) is 10.9 Å². The zero-order valence-corrected chi connectivity index (χ0v) is 11.9. The van der Waals surface area contributed by atoms with E-state index in [1.807, 2.05) is 0 Å². The van der Waals surface area contributed by atoms with Gasteiger partial charge in [-0.2, -0.15) is 0 Å².